The van der Waals surface area contributed by atoms with E-state index in [0.717, 1.165) is 22.7 Å². The molecule has 0 aliphatic heterocycles. The van der Waals surface area contributed by atoms with Gasteiger partial charge in [-0.15, -0.1) is 0 Å². The fourth-order valence-electron chi connectivity index (χ4n) is 2.73. The van der Waals surface area contributed by atoms with Crippen LogP contribution in [0.3, 0.4) is 0 Å². The first-order chi connectivity index (χ1) is 13.3. The van der Waals surface area contributed by atoms with Gasteiger partial charge in [0.05, 0.1) is 0 Å². The third-order valence-electron chi connectivity index (χ3n) is 4.07. The first kappa shape index (κ1) is 17.7. The Morgan fingerprint density at radius 1 is 0.370 bits per heavy atom. The van der Waals surface area contributed by atoms with Crippen molar-refractivity contribution in [2.24, 2.45) is 0 Å². The molecule has 0 unspecified atom stereocenters. The number of nitrogens with one attached hydrogen (secondary N) is 2. The number of anilines is 4. The molecule has 0 saturated carbocycles. The average molecular weight is 464 g/mol. The van der Waals surface area contributed by atoms with Crippen molar-refractivity contribution in [3.05, 3.63) is 109 Å². The number of hydrogen-bond donors (Lipinski definition) is 2. The second-order valence-corrected chi connectivity index (χ2v) is 9.41. The zero-order valence-corrected chi connectivity index (χ0v) is 17.1. The van der Waals surface area contributed by atoms with Crippen LogP contribution < -0.4 is 17.9 Å². The Balaban J connectivity index is 1.37. The van der Waals surface area contributed by atoms with Gasteiger partial charge in [0.15, 0.2) is 0 Å². The van der Waals surface area contributed by atoms with Crippen molar-refractivity contribution in [1.82, 2.24) is 0 Å². The van der Waals surface area contributed by atoms with Gasteiger partial charge in [-0.05, 0) is 0 Å². The van der Waals surface area contributed by atoms with Crippen LogP contribution in [0.4, 0.5) is 22.7 Å². The van der Waals surface area contributed by atoms with E-state index in [0.29, 0.717) is 0 Å². The van der Waals surface area contributed by atoms with E-state index < -0.39 is 0 Å². The predicted octanol–water partition coefficient (Wildman–Crippen LogP) is 4.83. The fourth-order valence-corrected chi connectivity index (χ4v) is 5.06. The van der Waals surface area contributed by atoms with Crippen LogP contribution in [0.2, 0.25) is 0 Å². The minimum atomic E-state index is -0.374. The summed E-state index contributed by atoms with van der Waals surface area (Å²) in [5.74, 6) is 0. The molecular weight excluding hydrogens is 444 g/mol. The summed E-state index contributed by atoms with van der Waals surface area (Å²) in [6.07, 6.45) is 0. The molecule has 4 aromatic carbocycles. The quantitative estimate of drug-likeness (QED) is 0.400. The van der Waals surface area contributed by atoms with E-state index in [-0.39, 0.29) is 20.9 Å². The average Bonchev–Trinajstić information content (AvgIpc) is 2.73. The molecule has 0 aliphatic carbocycles. The number of rotatable bonds is 6. The van der Waals surface area contributed by atoms with Gasteiger partial charge in [0, 0.05) is 0 Å². The molecule has 2 N–H and O–H groups in total. The molecule has 27 heavy (non-hydrogen) atoms. The molecule has 0 aliphatic rings. The van der Waals surface area contributed by atoms with E-state index in [2.05, 4.69) is 83.4 Å². The summed E-state index contributed by atoms with van der Waals surface area (Å²) in [5.41, 5.74) is 4.48. The molecule has 0 spiro atoms. The first-order valence-corrected chi connectivity index (χ1v) is 11.2. The standard InChI is InChI=1S/C24H20N2Te/c1-3-7-19(8-4-1)25-21-11-15-23(16-12-21)27-24-17-13-22(14-18-24)26-20-9-5-2-6-10-20/h1-18,25-26H. The molecule has 0 amide bonds. The maximum absolute atomic E-state index is 3.43. The number of benzene rings is 4. The van der Waals surface area contributed by atoms with Gasteiger partial charge in [-0.1, -0.05) is 0 Å². The third-order valence-corrected chi connectivity index (χ3v) is 6.97. The van der Waals surface area contributed by atoms with Crippen molar-refractivity contribution in [1.29, 1.82) is 0 Å². The summed E-state index contributed by atoms with van der Waals surface area (Å²) in [6, 6.07) is 38.1. The maximum atomic E-state index is 3.43. The van der Waals surface area contributed by atoms with Crippen LogP contribution in [0.15, 0.2) is 109 Å². The van der Waals surface area contributed by atoms with Gasteiger partial charge in [-0.25, -0.2) is 0 Å². The molecule has 4 rings (SSSR count). The van der Waals surface area contributed by atoms with E-state index >= 15 is 0 Å². The molecule has 0 aromatic heterocycles. The second-order valence-electron chi connectivity index (χ2n) is 6.13. The van der Waals surface area contributed by atoms with Crippen molar-refractivity contribution < 1.29 is 0 Å². The normalized spacial score (nSPS) is 10.4. The van der Waals surface area contributed by atoms with E-state index in [9.17, 15) is 0 Å². The van der Waals surface area contributed by atoms with Gasteiger partial charge >= 0.3 is 171 Å². The molecule has 0 saturated heterocycles. The van der Waals surface area contributed by atoms with Crippen LogP contribution in [-0.4, -0.2) is 20.9 Å². The second kappa shape index (κ2) is 8.77. The summed E-state index contributed by atoms with van der Waals surface area (Å²) in [5, 5.41) is 6.86. The Bertz CT molecular complexity index is 883. The van der Waals surface area contributed by atoms with Gasteiger partial charge in [-0.3, -0.25) is 0 Å². The molecule has 0 bridgehead atoms. The van der Waals surface area contributed by atoms with E-state index in [1.165, 1.54) is 7.22 Å². The predicted molar refractivity (Wildman–Crippen MR) is 117 cm³/mol. The van der Waals surface area contributed by atoms with Crippen molar-refractivity contribution in [2.45, 2.75) is 0 Å². The SMILES string of the molecule is c1ccc(Nc2ccc([Te]c3ccc(Nc4ccccc4)cc3)cc2)cc1. The van der Waals surface area contributed by atoms with E-state index in [1.807, 2.05) is 36.4 Å². The molecule has 0 heterocycles. The molecule has 0 fully saturated rings. The van der Waals surface area contributed by atoms with Crippen molar-refractivity contribution in [3.8, 4) is 0 Å². The number of para-hydroxylation sites is 2. The third kappa shape index (κ3) is 5.14. The summed E-state index contributed by atoms with van der Waals surface area (Å²) in [7, 11) is 0. The van der Waals surface area contributed by atoms with Crippen LogP contribution >= 0.6 is 0 Å². The molecule has 132 valence electrons. The van der Waals surface area contributed by atoms with E-state index in [1.54, 1.807) is 0 Å². The van der Waals surface area contributed by atoms with E-state index in [4.69, 9.17) is 0 Å². The minimum absolute atomic E-state index is 0.374. The van der Waals surface area contributed by atoms with Gasteiger partial charge < -0.3 is 0 Å². The Kier molecular flexibility index (Phi) is 5.74. The van der Waals surface area contributed by atoms with Crippen molar-refractivity contribution in [2.75, 3.05) is 10.6 Å². The van der Waals surface area contributed by atoms with Crippen LogP contribution in [-0.2, 0) is 0 Å². The van der Waals surface area contributed by atoms with Gasteiger partial charge in [0.25, 0.3) is 0 Å². The molecule has 2 nitrogen and oxygen atoms in total. The summed E-state index contributed by atoms with van der Waals surface area (Å²) in [4.78, 5) is 0. The molecule has 0 atom stereocenters. The summed E-state index contributed by atoms with van der Waals surface area (Å²) >= 11 is -0.374. The monoisotopic (exact) mass is 466 g/mol. The number of hydrogen-bond acceptors (Lipinski definition) is 2. The molecule has 4 aromatic rings. The van der Waals surface area contributed by atoms with Crippen LogP contribution in [0, 0.1) is 0 Å². The van der Waals surface area contributed by atoms with Crippen LogP contribution in [0.1, 0.15) is 0 Å². The zero-order valence-electron chi connectivity index (χ0n) is 14.8. The van der Waals surface area contributed by atoms with Gasteiger partial charge in [0.1, 0.15) is 0 Å². The van der Waals surface area contributed by atoms with Crippen LogP contribution in [0.25, 0.3) is 0 Å². The van der Waals surface area contributed by atoms with Crippen LogP contribution in [0.5, 0.6) is 0 Å². The Morgan fingerprint density at radius 2 is 0.704 bits per heavy atom. The van der Waals surface area contributed by atoms with Crippen molar-refractivity contribution in [3.63, 3.8) is 0 Å². The molecule has 0 radical (unpaired) electrons. The van der Waals surface area contributed by atoms with Crippen molar-refractivity contribution >= 4 is 50.9 Å². The Hall–Kier alpha value is -2.73. The zero-order chi connectivity index (χ0) is 18.3. The van der Waals surface area contributed by atoms with Gasteiger partial charge in [-0.2, -0.15) is 0 Å². The summed E-state index contributed by atoms with van der Waals surface area (Å²) in [6.45, 7) is 0. The van der Waals surface area contributed by atoms with Gasteiger partial charge in [0.2, 0.25) is 0 Å². The topological polar surface area (TPSA) is 24.1 Å². The molecule has 3 heteroatoms. The molecular formula is C24H20N2Te. The Morgan fingerprint density at radius 3 is 1.07 bits per heavy atom. The first-order valence-electron chi connectivity index (χ1n) is 8.87. The summed E-state index contributed by atoms with van der Waals surface area (Å²) < 4.78 is 2.87. The Labute approximate surface area is 170 Å². The fraction of sp³-hybridized carbons (Fsp3) is 0.